The van der Waals surface area contributed by atoms with Crippen molar-refractivity contribution in [2.75, 3.05) is 13.6 Å². The summed E-state index contributed by atoms with van der Waals surface area (Å²) in [4.78, 5) is 0. The minimum absolute atomic E-state index is 0.403. The Hall–Kier alpha value is -0.225. The summed E-state index contributed by atoms with van der Waals surface area (Å²) in [5.41, 5.74) is 0.857. The molecule has 0 atom stereocenters. The SMILES string of the molecule is CNCC(=Cc1cc(Cl)cc(Cl)c1Cl)B1OC(C)(C)C(C)(C)O1. The molecule has 1 aromatic rings. The van der Waals surface area contributed by atoms with E-state index in [2.05, 4.69) is 5.32 Å². The maximum absolute atomic E-state index is 6.29. The van der Waals surface area contributed by atoms with Gasteiger partial charge in [-0.05, 0) is 57.9 Å². The standard InChI is InChI=1S/C16H21BCl3NO2/c1-15(2)16(3,4)23-17(22-15)11(9-21-5)6-10-7-12(18)8-13(19)14(10)20/h6-8,21H,9H2,1-5H3. The molecule has 1 N–H and O–H groups in total. The van der Waals surface area contributed by atoms with Gasteiger partial charge in [-0.1, -0.05) is 40.9 Å². The topological polar surface area (TPSA) is 30.5 Å². The van der Waals surface area contributed by atoms with Crippen LogP contribution < -0.4 is 5.32 Å². The Kier molecular flexibility index (Phi) is 5.77. The van der Waals surface area contributed by atoms with Gasteiger partial charge in [0.25, 0.3) is 0 Å². The first-order valence-corrected chi connectivity index (χ1v) is 8.56. The van der Waals surface area contributed by atoms with Gasteiger partial charge in [0.15, 0.2) is 0 Å². The third-order valence-electron chi connectivity index (χ3n) is 4.30. The molecule has 7 heteroatoms. The number of likely N-dealkylation sites (N-methyl/N-ethyl adjacent to an activating group) is 1. The molecule has 0 aromatic heterocycles. The summed E-state index contributed by atoms with van der Waals surface area (Å²) in [5, 5.41) is 4.54. The van der Waals surface area contributed by atoms with E-state index < -0.39 is 18.3 Å². The van der Waals surface area contributed by atoms with Gasteiger partial charge in [-0.2, -0.15) is 0 Å². The summed E-state index contributed by atoms with van der Waals surface area (Å²) in [6, 6.07) is 3.39. The van der Waals surface area contributed by atoms with E-state index in [0.717, 1.165) is 11.0 Å². The summed E-state index contributed by atoms with van der Waals surface area (Å²) in [6.45, 7) is 8.68. The van der Waals surface area contributed by atoms with Crippen molar-refractivity contribution >= 4 is 48.0 Å². The zero-order valence-corrected chi connectivity index (χ0v) is 16.2. The average Bonchev–Trinajstić information content (AvgIpc) is 2.63. The van der Waals surface area contributed by atoms with Crippen LogP contribution in [0.25, 0.3) is 6.08 Å². The van der Waals surface area contributed by atoms with E-state index in [9.17, 15) is 0 Å². The second kappa shape index (κ2) is 6.95. The van der Waals surface area contributed by atoms with Crippen LogP contribution >= 0.6 is 34.8 Å². The molecule has 1 aliphatic rings. The highest BCUT2D eigenvalue weighted by Gasteiger charge is 2.52. The molecule has 1 saturated heterocycles. The highest BCUT2D eigenvalue weighted by atomic mass is 35.5. The van der Waals surface area contributed by atoms with E-state index in [4.69, 9.17) is 44.1 Å². The van der Waals surface area contributed by atoms with E-state index in [1.54, 1.807) is 12.1 Å². The molecular formula is C16H21BCl3NO2. The minimum Gasteiger partial charge on any atom is -0.400 e. The van der Waals surface area contributed by atoms with E-state index in [0.29, 0.717) is 21.6 Å². The van der Waals surface area contributed by atoms with Gasteiger partial charge in [-0.3, -0.25) is 0 Å². The first-order chi connectivity index (χ1) is 10.6. The lowest BCUT2D eigenvalue weighted by atomic mass is 9.77. The van der Waals surface area contributed by atoms with E-state index >= 15 is 0 Å². The molecule has 1 fully saturated rings. The molecule has 3 nitrogen and oxygen atoms in total. The number of hydrogen-bond acceptors (Lipinski definition) is 3. The number of benzene rings is 1. The normalized spacial score (nSPS) is 20.2. The predicted molar refractivity (Wildman–Crippen MR) is 99.5 cm³/mol. The van der Waals surface area contributed by atoms with Gasteiger partial charge in [0, 0.05) is 11.6 Å². The zero-order chi connectivity index (χ0) is 17.4. The van der Waals surface area contributed by atoms with Crippen molar-refractivity contribution < 1.29 is 9.31 Å². The molecule has 1 aromatic carbocycles. The summed E-state index contributed by atoms with van der Waals surface area (Å²) >= 11 is 18.5. The Morgan fingerprint density at radius 3 is 2.22 bits per heavy atom. The van der Waals surface area contributed by atoms with Crippen LogP contribution in [0.5, 0.6) is 0 Å². The maximum Gasteiger partial charge on any atom is 0.491 e. The Labute approximate surface area is 153 Å². The maximum atomic E-state index is 6.29. The van der Waals surface area contributed by atoms with E-state index in [1.807, 2.05) is 40.8 Å². The van der Waals surface area contributed by atoms with Crippen LogP contribution in [-0.2, 0) is 9.31 Å². The van der Waals surface area contributed by atoms with Crippen LogP contribution in [0, 0.1) is 0 Å². The quantitative estimate of drug-likeness (QED) is 0.600. The predicted octanol–water partition coefficient (Wildman–Crippen LogP) is 4.88. The zero-order valence-electron chi connectivity index (χ0n) is 14.0. The number of nitrogens with one attached hydrogen (secondary N) is 1. The van der Waals surface area contributed by atoms with Crippen molar-refractivity contribution in [3.8, 4) is 0 Å². The van der Waals surface area contributed by atoms with Crippen LogP contribution in [0.1, 0.15) is 33.3 Å². The fourth-order valence-electron chi connectivity index (χ4n) is 2.28. The number of rotatable bonds is 4. The largest absolute Gasteiger partial charge is 0.491 e. The Morgan fingerprint density at radius 2 is 1.70 bits per heavy atom. The molecule has 1 aliphatic heterocycles. The highest BCUT2D eigenvalue weighted by Crippen LogP contribution is 2.39. The van der Waals surface area contributed by atoms with E-state index in [-0.39, 0.29) is 0 Å². The Balaban J connectivity index is 2.40. The van der Waals surface area contributed by atoms with Gasteiger partial charge in [0.2, 0.25) is 0 Å². The highest BCUT2D eigenvalue weighted by molar-refractivity contribution is 6.56. The van der Waals surface area contributed by atoms with Crippen molar-refractivity contribution in [1.82, 2.24) is 5.32 Å². The molecule has 0 radical (unpaired) electrons. The molecule has 0 unspecified atom stereocenters. The van der Waals surface area contributed by atoms with Gasteiger partial charge < -0.3 is 14.6 Å². The lowest BCUT2D eigenvalue weighted by Crippen LogP contribution is -2.41. The third kappa shape index (κ3) is 4.06. The fraction of sp³-hybridized carbons (Fsp3) is 0.500. The molecule has 2 rings (SSSR count). The summed E-state index contributed by atoms with van der Waals surface area (Å²) in [6.07, 6.45) is 1.92. The van der Waals surface area contributed by atoms with E-state index in [1.165, 1.54) is 0 Å². The van der Waals surface area contributed by atoms with Crippen molar-refractivity contribution in [2.45, 2.75) is 38.9 Å². The third-order valence-corrected chi connectivity index (χ3v) is 5.33. The molecule has 1 heterocycles. The minimum atomic E-state index is -0.457. The second-order valence-electron chi connectivity index (χ2n) is 6.63. The van der Waals surface area contributed by atoms with Crippen LogP contribution in [0.15, 0.2) is 17.6 Å². The van der Waals surface area contributed by atoms with Gasteiger partial charge in [-0.25, -0.2) is 0 Å². The Bertz CT molecular complexity index is 616. The Morgan fingerprint density at radius 1 is 1.13 bits per heavy atom. The lowest BCUT2D eigenvalue weighted by Gasteiger charge is -2.32. The number of halogens is 3. The van der Waals surface area contributed by atoms with Gasteiger partial charge in [0.05, 0.1) is 21.2 Å². The first kappa shape index (κ1) is 19.1. The van der Waals surface area contributed by atoms with Crippen LogP contribution in [-0.4, -0.2) is 31.9 Å². The van der Waals surface area contributed by atoms with Gasteiger partial charge in [0.1, 0.15) is 0 Å². The lowest BCUT2D eigenvalue weighted by molar-refractivity contribution is 0.00578. The fourth-order valence-corrected chi connectivity index (χ4v) is 2.95. The van der Waals surface area contributed by atoms with Crippen molar-refractivity contribution in [1.29, 1.82) is 0 Å². The molecule has 126 valence electrons. The molecule has 23 heavy (non-hydrogen) atoms. The van der Waals surface area contributed by atoms with Crippen LogP contribution in [0.2, 0.25) is 15.1 Å². The summed E-state index contributed by atoms with van der Waals surface area (Å²) in [7, 11) is 1.41. The van der Waals surface area contributed by atoms with Crippen molar-refractivity contribution in [3.05, 3.63) is 38.2 Å². The summed E-state index contributed by atoms with van der Waals surface area (Å²) in [5.74, 6) is 0. The summed E-state index contributed by atoms with van der Waals surface area (Å²) < 4.78 is 12.2. The first-order valence-electron chi connectivity index (χ1n) is 7.42. The van der Waals surface area contributed by atoms with Crippen molar-refractivity contribution in [3.63, 3.8) is 0 Å². The molecule has 0 saturated carbocycles. The smallest absolute Gasteiger partial charge is 0.400 e. The molecule has 0 spiro atoms. The molecule has 0 bridgehead atoms. The average molecular weight is 377 g/mol. The number of hydrogen-bond donors (Lipinski definition) is 1. The van der Waals surface area contributed by atoms with Crippen LogP contribution in [0.3, 0.4) is 0 Å². The van der Waals surface area contributed by atoms with Crippen LogP contribution in [0.4, 0.5) is 0 Å². The molecular weight excluding hydrogens is 355 g/mol. The second-order valence-corrected chi connectivity index (χ2v) is 7.85. The van der Waals surface area contributed by atoms with Gasteiger partial charge >= 0.3 is 7.12 Å². The monoisotopic (exact) mass is 375 g/mol. The molecule has 0 amide bonds. The molecule has 0 aliphatic carbocycles. The van der Waals surface area contributed by atoms with Gasteiger partial charge in [-0.15, -0.1) is 0 Å². The van der Waals surface area contributed by atoms with Crippen molar-refractivity contribution in [2.24, 2.45) is 0 Å².